The molecule has 0 aromatic rings. The smallest absolute Gasteiger partial charge is 0.233 e. The van der Waals surface area contributed by atoms with E-state index < -0.39 is 5.41 Å². The third kappa shape index (κ3) is 0.451. The maximum absolute atomic E-state index is 11.2. The Balaban J connectivity index is 2.24. The Bertz CT molecular complexity index is 248. The Morgan fingerprint density at radius 3 is 2.55 bits per heavy atom. The maximum Gasteiger partial charge on any atom is 0.233 e. The van der Waals surface area contributed by atoms with E-state index in [1.54, 1.807) is 7.05 Å². The van der Waals surface area contributed by atoms with Crippen molar-refractivity contribution < 1.29 is 9.59 Å². The molecule has 11 heavy (non-hydrogen) atoms. The largest absolute Gasteiger partial charge is 0.358 e. The van der Waals surface area contributed by atoms with E-state index in [0.29, 0.717) is 0 Å². The first-order valence-electron chi connectivity index (χ1n) is 3.91. The topological polar surface area (TPSA) is 46.2 Å². The lowest BCUT2D eigenvalue weighted by Crippen LogP contribution is -2.74. The van der Waals surface area contributed by atoms with Gasteiger partial charge in [-0.15, -0.1) is 0 Å². The lowest BCUT2D eigenvalue weighted by molar-refractivity contribution is -0.195. The van der Waals surface area contributed by atoms with Crippen LogP contribution < -0.4 is 5.32 Å². The van der Waals surface area contributed by atoms with E-state index in [1.165, 1.54) is 0 Å². The summed E-state index contributed by atoms with van der Waals surface area (Å²) in [7, 11) is 1.59. The Labute approximate surface area is 65.2 Å². The highest BCUT2D eigenvalue weighted by Gasteiger charge is 2.74. The van der Waals surface area contributed by atoms with E-state index in [2.05, 4.69) is 5.32 Å². The summed E-state index contributed by atoms with van der Waals surface area (Å²) in [4.78, 5) is 22.4. The lowest BCUT2D eigenvalue weighted by atomic mass is 9.37. The molecule has 0 spiro atoms. The minimum atomic E-state index is -0.598. The summed E-state index contributed by atoms with van der Waals surface area (Å²) in [5.74, 6) is 0.559. The summed E-state index contributed by atoms with van der Waals surface area (Å²) in [5, 5.41) is 2.55. The summed E-state index contributed by atoms with van der Waals surface area (Å²) in [6.07, 6.45) is 0.784. The number of ketones is 1. The van der Waals surface area contributed by atoms with E-state index in [9.17, 15) is 9.59 Å². The number of hydrogen-bond acceptors (Lipinski definition) is 2. The molecule has 3 nitrogen and oxygen atoms in total. The molecule has 0 aromatic heterocycles. The van der Waals surface area contributed by atoms with Gasteiger partial charge in [-0.3, -0.25) is 9.59 Å². The fraction of sp³-hybridized carbons (Fsp3) is 0.750. The molecule has 3 saturated carbocycles. The first-order chi connectivity index (χ1) is 5.14. The van der Waals surface area contributed by atoms with Crippen LogP contribution in [-0.2, 0) is 9.59 Å². The molecule has 3 rings (SSSR count). The maximum atomic E-state index is 11.2. The molecule has 0 radical (unpaired) electrons. The van der Waals surface area contributed by atoms with Crippen molar-refractivity contribution in [2.75, 3.05) is 7.05 Å². The first kappa shape index (κ1) is 6.83. The molecule has 3 aliphatic rings. The average molecular weight is 153 g/mol. The molecule has 3 heteroatoms. The van der Waals surface area contributed by atoms with Crippen LogP contribution in [0.25, 0.3) is 0 Å². The number of Topliss-reactive ketones (excluding diaryl/α,β-unsaturated/α-hetero) is 1. The van der Waals surface area contributed by atoms with Crippen LogP contribution >= 0.6 is 0 Å². The van der Waals surface area contributed by atoms with Gasteiger partial charge in [-0.2, -0.15) is 0 Å². The van der Waals surface area contributed by atoms with Gasteiger partial charge in [0.25, 0.3) is 0 Å². The highest BCUT2D eigenvalue weighted by Crippen LogP contribution is 2.65. The normalized spacial score (nSPS) is 45.8. The Kier molecular flexibility index (Phi) is 1.03. The van der Waals surface area contributed by atoms with Gasteiger partial charge in [0, 0.05) is 13.0 Å². The van der Waals surface area contributed by atoms with Crippen LogP contribution in [-0.4, -0.2) is 18.7 Å². The van der Waals surface area contributed by atoms with Crippen molar-refractivity contribution in [1.82, 2.24) is 5.32 Å². The highest BCUT2D eigenvalue weighted by molar-refractivity contribution is 6.17. The molecule has 0 aromatic carbocycles. The number of carbonyl (C=O) groups excluding carboxylic acids is 2. The van der Waals surface area contributed by atoms with Crippen LogP contribution in [0.2, 0.25) is 0 Å². The molecule has 0 aliphatic heterocycles. The molecule has 3 aliphatic carbocycles. The van der Waals surface area contributed by atoms with Gasteiger partial charge >= 0.3 is 0 Å². The molecule has 0 heterocycles. The second-order valence-electron chi connectivity index (χ2n) is 3.51. The fourth-order valence-electron chi connectivity index (χ4n) is 2.28. The third-order valence-corrected chi connectivity index (χ3v) is 3.33. The predicted octanol–water partition coefficient (Wildman–Crippen LogP) is -0.0425. The van der Waals surface area contributed by atoms with Gasteiger partial charge in [-0.1, -0.05) is 6.92 Å². The molecule has 3 atom stereocenters. The summed E-state index contributed by atoms with van der Waals surface area (Å²) < 4.78 is 0. The monoisotopic (exact) mass is 153 g/mol. The number of nitrogens with one attached hydrogen (secondary N) is 1. The van der Waals surface area contributed by atoms with Gasteiger partial charge in [0.15, 0.2) is 5.78 Å². The summed E-state index contributed by atoms with van der Waals surface area (Å²) in [6, 6.07) is 0. The molecular formula is C8H11NO2. The van der Waals surface area contributed by atoms with Crippen molar-refractivity contribution in [2.24, 2.45) is 17.3 Å². The summed E-state index contributed by atoms with van der Waals surface area (Å²) in [6.45, 7) is 1.98. The standard InChI is InChI=1S/C8H11NO2/c1-4-5-3-8(4,6(5)10)7(11)9-2/h4-5H,3H2,1-2H3,(H,9,11). The quantitative estimate of drug-likeness (QED) is 0.537. The van der Waals surface area contributed by atoms with Crippen LogP contribution in [0.15, 0.2) is 0 Å². The zero-order chi connectivity index (χ0) is 8.22. The highest BCUT2D eigenvalue weighted by atomic mass is 16.2. The SMILES string of the molecule is CNC(=O)C12CC(C1=O)C2C. The van der Waals surface area contributed by atoms with Crippen molar-refractivity contribution in [1.29, 1.82) is 0 Å². The Hall–Kier alpha value is -0.860. The lowest BCUT2D eigenvalue weighted by Gasteiger charge is -2.63. The van der Waals surface area contributed by atoms with E-state index >= 15 is 0 Å². The van der Waals surface area contributed by atoms with Gasteiger partial charge in [0.1, 0.15) is 5.41 Å². The number of rotatable bonds is 1. The molecule has 2 bridgehead atoms. The molecular weight excluding hydrogens is 142 g/mol. The zero-order valence-electron chi connectivity index (χ0n) is 6.68. The van der Waals surface area contributed by atoms with Crippen molar-refractivity contribution in [3.63, 3.8) is 0 Å². The molecule has 1 amide bonds. The van der Waals surface area contributed by atoms with Gasteiger partial charge in [0.05, 0.1) is 0 Å². The molecule has 0 saturated heterocycles. The van der Waals surface area contributed by atoms with Gasteiger partial charge in [-0.25, -0.2) is 0 Å². The molecule has 1 N–H and O–H groups in total. The minimum absolute atomic E-state index is 0.0856. The summed E-state index contributed by atoms with van der Waals surface area (Å²) in [5.41, 5.74) is -0.598. The number of carbonyl (C=O) groups is 2. The van der Waals surface area contributed by atoms with E-state index in [-0.39, 0.29) is 23.5 Å². The van der Waals surface area contributed by atoms with Crippen molar-refractivity contribution in [3.05, 3.63) is 0 Å². The minimum Gasteiger partial charge on any atom is -0.358 e. The van der Waals surface area contributed by atoms with Gasteiger partial charge in [-0.05, 0) is 12.3 Å². The third-order valence-electron chi connectivity index (χ3n) is 3.33. The Morgan fingerprint density at radius 1 is 1.73 bits per heavy atom. The van der Waals surface area contributed by atoms with Crippen molar-refractivity contribution in [3.8, 4) is 0 Å². The van der Waals surface area contributed by atoms with Crippen LogP contribution in [0.4, 0.5) is 0 Å². The first-order valence-corrected chi connectivity index (χ1v) is 3.91. The van der Waals surface area contributed by atoms with Crippen molar-refractivity contribution in [2.45, 2.75) is 13.3 Å². The zero-order valence-corrected chi connectivity index (χ0v) is 6.68. The molecule has 3 unspecified atom stereocenters. The Morgan fingerprint density at radius 2 is 2.36 bits per heavy atom. The van der Waals surface area contributed by atoms with Crippen LogP contribution in [0, 0.1) is 17.3 Å². The van der Waals surface area contributed by atoms with Crippen molar-refractivity contribution >= 4 is 11.7 Å². The van der Waals surface area contributed by atoms with E-state index in [1.807, 2.05) is 6.92 Å². The molecule has 3 fully saturated rings. The second-order valence-corrected chi connectivity index (χ2v) is 3.51. The van der Waals surface area contributed by atoms with Crippen LogP contribution in [0.3, 0.4) is 0 Å². The summed E-state index contributed by atoms with van der Waals surface area (Å²) >= 11 is 0. The second kappa shape index (κ2) is 1.65. The van der Waals surface area contributed by atoms with Gasteiger partial charge in [0.2, 0.25) is 5.91 Å². The number of hydrogen-bond donors (Lipinski definition) is 1. The average Bonchev–Trinajstić information content (AvgIpc) is 2.00. The van der Waals surface area contributed by atoms with Crippen LogP contribution in [0.5, 0.6) is 0 Å². The molecule has 60 valence electrons. The predicted molar refractivity (Wildman–Crippen MR) is 38.8 cm³/mol. The van der Waals surface area contributed by atoms with E-state index in [4.69, 9.17) is 0 Å². The number of amides is 1. The van der Waals surface area contributed by atoms with E-state index in [0.717, 1.165) is 6.42 Å². The van der Waals surface area contributed by atoms with Crippen LogP contribution in [0.1, 0.15) is 13.3 Å². The van der Waals surface area contributed by atoms with Gasteiger partial charge < -0.3 is 5.32 Å². The fourth-order valence-corrected chi connectivity index (χ4v) is 2.28.